The third-order valence-corrected chi connectivity index (χ3v) is 3.61. The fourth-order valence-electron chi connectivity index (χ4n) is 2.27. The van der Waals surface area contributed by atoms with Crippen molar-refractivity contribution in [1.82, 2.24) is 4.90 Å². The van der Waals surface area contributed by atoms with Gasteiger partial charge in [0.25, 0.3) is 5.91 Å². The number of hydrogen-bond donors (Lipinski definition) is 0. The summed E-state index contributed by atoms with van der Waals surface area (Å²) in [5.41, 5.74) is 0. The number of carbonyl (C=O) groups excluding carboxylic acids is 1. The minimum absolute atomic E-state index is 0.0168. The smallest absolute Gasteiger partial charge is 0.260 e. The van der Waals surface area contributed by atoms with E-state index in [-0.39, 0.29) is 18.6 Å². The first-order valence-electron chi connectivity index (χ1n) is 7.07. The molecule has 1 aromatic carbocycles. The van der Waals surface area contributed by atoms with Gasteiger partial charge in [0.1, 0.15) is 5.75 Å². The SMILES string of the molecule is C=CCO[C@H]1CCCN(C(=O)COc2ccc(Cl)cc2)C1. The maximum Gasteiger partial charge on any atom is 0.260 e. The third-order valence-electron chi connectivity index (χ3n) is 3.36. The first-order valence-corrected chi connectivity index (χ1v) is 7.45. The molecule has 114 valence electrons. The zero-order chi connectivity index (χ0) is 15.1. The van der Waals surface area contributed by atoms with Gasteiger partial charge < -0.3 is 14.4 Å². The second-order valence-corrected chi connectivity index (χ2v) is 5.41. The Balaban J connectivity index is 1.79. The van der Waals surface area contributed by atoms with Crippen molar-refractivity contribution in [2.24, 2.45) is 0 Å². The topological polar surface area (TPSA) is 38.8 Å². The van der Waals surface area contributed by atoms with Crippen molar-refractivity contribution >= 4 is 17.5 Å². The summed E-state index contributed by atoms with van der Waals surface area (Å²) in [6.07, 6.45) is 3.76. The molecule has 1 heterocycles. The Morgan fingerprint density at radius 1 is 1.43 bits per heavy atom. The molecule has 0 spiro atoms. The monoisotopic (exact) mass is 309 g/mol. The molecule has 0 unspecified atom stereocenters. The van der Waals surface area contributed by atoms with Crippen LogP contribution in [0.1, 0.15) is 12.8 Å². The Morgan fingerprint density at radius 2 is 2.19 bits per heavy atom. The van der Waals surface area contributed by atoms with Crippen LogP contribution in [0.4, 0.5) is 0 Å². The van der Waals surface area contributed by atoms with E-state index in [2.05, 4.69) is 6.58 Å². The molecule has 4 nitrogen and oxygen atoms in total. The molecule has 1 aliphatic rings. The van der Waals surface area contributed by atoms with E-state index in [1.54, 1.807) is 35.2 Å². The van der Waals surface area contributed by atoms with Crippen LogP contribution in [0, 0.1) is 0 Å². The maximum absolute atomic E-state index is 12.2. The summed E-state index contributed by atoms with van der Waals surface area (Å²) >= 11 is 5.80. The average molecular weight is 310 g/mol. The van der Waals surface area contributed by atoms with Crippen LogP contribution in [0.5, 0.6) is 5.75 Å². The molecule has 0 radical (unpaired) electrons. The summed E-state index contributed by atoms with van der Waals surface area (Å²) in [5, 5.41) is 0.645. The number of ether oxygens (including phenoxy) is 2. The molecule has 0 N–H and O–H groups in total. The Hall–Kier alpha value is -1.52. The molecule has 1 aliphatic heterocycles. The Bertz CT molecular complexity index is 475. The van der Waals surface area contributed by atoms with E-state index in [0.717, 1.165) is 19.4 Å². The molecule has 1 amide bonds. The highest BCUT2D eigenvalue weighted by Gasteiger charge is 2.24. The normalized spacial score (nSPS) is 18.3. The first kappa shape index (κ1) is 15.9. The Morgan fingerprint density at radius 3 is 2.90 bits per heavy atom. The highest BCUT2D eigenvalue weighted by atomic mass is 35.5. The molecule has 0 aromatic heterocycles. The van der Waals surface area contributed by atoms with Crippen LogP contribution in [0.25, 0.3) is 0 Å². The van der Waals surface area contributed by atoms with Gasteiger partial charge in [-0.3, -0.25) is 4.79 Å². The van der Waals surface area contributed by atoms with Gasteiger partial charge in [-0.1, -0.05) is 17.7 Å². The van der Waals surface area contributed by atoms with Crippen molar-refractivity contribution in [3.63, 3.8) is 0 Å². The zero-order valence-corrected chi connectivity index (χ0v) is 12.7. The third kappa shape index (κ3) is 5.06. The fourth-order valence-corrected chi connectivity index (χ4v) is 2.40. The summed E-state index contributed by atoms with van der Waals surface area (Å²) in [7, 11) is 0. The fraction of sp³-hybridized carbons (Fsp3) is 0.438. The minimum Gasteiger partial charge on any atom is -0.484 e. The first-order chi connectivity index (χ1) is 10.2. The highest BCUT2D eigenvalue weighted by molar-refractivity contribution is 6.30. The standard InChI is InChI=1S/C16H20ClNO3/c1-2-10-20-15-4-3-9-18(11-15)16(19)12-21-14-7-5-13(17)6-8-14/h2,5-8,15H,1,3-4,9-12H2/t15-/m0/s1. The van der Waals surface area contributed by atoms with E-state index in [1.807, 2.05) is 0 Å². The van der Waals surface area contributed by atoms with Crippen molar-refractivity contribution in [2.45, 2.75) is 18.9 Å². The van der Waals surface area contributed by atoms with E-state index in [0.29, 0.717) is 23.9 Å². The Kier molecular flexibility index (Phi) is 6.08. The van der Waals surface area contributed by atoms with Gasteiger partial charge in [-0.25, -0.2) is 0 Å². The number of likely N-dealkylation sites (tertiary alicyclic amines) is 1. The number of nitrogens with zero attached hydrogens (tertiary/aromatic N) is 1. The van der Waals surface area contributed by atoms with Crippen molar-refractivity contribution in [2.75, 3.05) is 26.3 Å². The van der Waals surface area contributed by atoms with Gasteiger partial charge >= 0.3 is 0 Å². The number of benzene rings is 1. The molecule has 21 heavy (non-hydrogen) atoms. The van der Waals surface area contributed by atoms with Crippen LogP contribution < -0.4 is 4.74 Å². The van der Waals surface area contributed by atoms with E-state index in [9.17, 15) is 4.79 Å². The summed E-state index contributed by atoms with van der Waals surface area (Å²) in [6, 6.07) is 6.98. The van der Waals surface area contributed by atoms with Crippen LogP contribution in [0.2, 0.25) is 5.02 Å². The average Bonchev–Trinajstić information content (AvgIpc) is 2.52. The second-order valence-electron chi connectivity index (χ2n) is 4.97. The summed E-state index contributed by atoms with van der Waals surface area (Å²) in [5.74, 6) is 0.626. The molecule has 2 rings (SSSR count). The van der Waals surface area contributed by atoms with E-state index in [1.165, 1.54) is 0 Å². The van der Waals surface area contributed by atoms with Gasteiger partial charge in [-0.15, -0.1) is 6.58 Å². The van der Waals surface area contributed by atoms with Crippen LogP contribution in [-0.2, 0) is 9.53 Å². The van der Waals surface area contributed by atoms with Crippen LogP contribution in [-0.4, -0.2) is 43.2 Å². The number of piperidine rings is 1. The van der Waals surface area contributed by atoms with Gasteiger partial charge in [0, 0.05) is 18.1 Å². The molecule has 1 aromatic rings. The van der Waals surface area contributed by atoms with Crippen molar-refractivity contribution in [3.8, 4) is 5.75 Å². The largest absolute Gasteiger partial charge is 0.484 e. The summed E-state index contributed by atoms with van der Waals surface area (Å²) in [4.78, 5) is 14.0. The lowest BCUT2D eigenvalue weighted by atomic mass is 10.1. The molecule has 0 bridgehead atoms. The van der Waals surface area contributed by atoms with Gasteiger partial charge in [0.05, 0.1) is 12.7 Å². The molecule has 0 saturated carbocycles. The molecule has 0 aliphatic carbocycles. The van der Waals surface area contributed by atoms with Gasteiger partial charge in [-0.2, -0.15) is 0 Å². The van der Waals surface area contributed by atoms with Gasteiger partial charge in [-0.05, 0) is 37.1 Å². The summed E-state index contributed by atoms with van der Waals surface area (Å²) in [6.45, 7) is 5.58. The van der Waals surface area contributed by atoms with Crippen LogP contribution >= 0.6 is 11.6 Å². The predicted octanol–water partition coefficient (Wildman–Crippen LogP) is 2.91. The molecule has 1 fully saturated rings. The number of halogens is 1. The second kappa shape index (κ2) is 8.05. The van der Waals surface area contributed by atoms with Gasteiger partial charge in [0.2, 0.25) is 0 Å². The summed E-state index contributed by atoms with van der Waals surface area (Å²) < 4.78 is 11.1. The van der Waals surface area contributed by atoms with Gasteiger partial charge in [0.15, 0.2) is 6.61 Å². The highest BCUT2D eigenvalue weighted by Crippen LogP contribution is 2.17. The van der Waals surface area contributed by atoms with Crippen molar-refractivity contribution in [3.05, 3.63) is 41.9 Å². The number of amides is 1. The lowest BCUT2D eigenvalue weighted by Gasteiger charge is -2.32. The maximum atomic E-state index is 12.2. The Labute approximate surface area is 130 Å². The lowest BCUT2D eigenvalue weighted by molar-refractivity contribution is -0.137. The molecule has 1 atom stereocenters. The quantitative estimate of drug-likeness (QED) is 0.758. The van der Waals surface area contributed by atoms with E-state index in [4.69, 9.17) is 21.1 Å². The van der Waals surface area contributed by atoms with Crippen molar-refractivity contribution in [1.29, 1.82) is 0 Å². The number of carbonyl (C=O) groups is 1. The lowest BCUT2D eigenvalue weighted by Crippen LogP contribution is -2.45. The van der Waals surface area contributed by atoms with E-state index >= 15 is 0 Å². The number of hydrogen-bond acceptors (Lipinski definition) is 3. The molecular formula is C16H20ClNO3. The molecule has 5 heteroatoms. The van der Waals surface area contributed by atoms with Crippen LogP contribution in [0.15, 0.2) is 36.9 Å². The molecule has 1 saturated heterocycles. The van der Waals surface area contributed by atoms with Crippen LogP contribution in [0.3, 0.4) is 0 Å². The minimum atomic E-state index is -0.0168. The predicted molar refractivity (Wildman–Crippen MR) is 82.7 cm³/mol. The molecular weight excluding hydrogens is 290 g/mol. The van der Waals surface area contributed by atoms with E-state index < -0.39 is 0 Å². The number of rotatable bonds is 6. The van der Waals surface area contributed by atoms with Crippen molar-refractivity contribution < 1.29 is 14.3 Å². The zero-order valence-electron chi connectivity index (χ0n) is 12.0.